The van der Waals surface area contributed by atoms with E-state index in [1.165, 1.54) is 33.4 Å². The molecule has 2 aromatic heterocycles. The summed E-state index contributed by atoms with van der Waals surface area (Å²) in [5, 5.41) is 1.98. The first-order valence-electron chi connectivity index (χ1n) is 21.8. The summed E-state index contributed by atoms with van der Waals surface area (Å²) in [6.07, 6.45) is 0. The highest BCUT2D eigenvalue weighted by Gasteiger charge is 2.35. The van der Waals surface area contributed by atoms with Crippen molar-refractivity contribution in [3.05, 3.63) is 223 Å². The Kier molecular flexibility index (Phi) is 8.80. The van der Waals surface area contributed by atoms with E-state index in [0.717, 1.165) is 72.0 Å². The van der Waals surface area contributed by atoms with Crippen LogP contribution in [0.1, 0.15) is 25.0 Å². The van der Waals surface area contributed by atoms with Gasteiger partial charge in [0.25, 0.3) is 0 Å². The van der Waals surface area contributed by atoms with Crippen molar-refractivity contribution >= 4 is 21.9 Å². The number of aromatic nitrogens is 3. The Morgan fingerprint density at radius 3 is 1.42 bits per heavy atom. The molecular weight excluding hydrogens is 779 g/mol. The summed E-state index contributed by atoms with van der Waals surface area (Å²) in [7, 11) is 0. The predicted molar refractivity (Wildman–Crippen MR) is 263 cm³/mol. The Morgan fingerprint density at radius 2 is 0.766 bits per heavy atom. The zero-order valence-electron chi connectivity index (χ0n) is 35.5. The quantitative estimate of drug-likeness (QED) is 0.161. The summed E-state index contributed by atoms with van der Waals surface area (Å²) < 4.78 is 6.56. The Hall–Kier alpha value is -8.21. The van der Waals surface area contributed by atoms with Gasteiger partial charge in [-0.05, 0) is 97.1 Å². The highest BCUT2D eigenvalue weighted by Crippen LogP contribution is 2.49. The van der Waals surface area contributed by atoms with Gasteiger partial charge in [0.05, 0.1) is 0 Å². The standard InChI is InChI=1S/C60H41N3O/c1-60(2)52-21-10-9-19-48(52)49-33-31-47(37-53(49)60)45-18-11-17-44(35-45)46-32-34-54-51(36-46)56-50(20-12-22-55(56)64-54)59-62-57(42-27-23-40(24-28-42)38-13-5-3-6-14-38)61-58(63-59)43-29-25-41(26-30-43)39-15-7-4-8-16-39/h3-37H,1-2H3. The molecule has 0 aliphatic heterocycles. The zero-order valence-corrected chi connectivity index (χ0v) is 35.5. The lowest BCUT2D eigenvalue weighted by Crippen LogP contribution is -2.14. The van der Waals surface area contributed by atoms with Gasteiger partial charge in [0.1, 0.15) is 11.2 Å². The number of furan rings is 1. The van der Waals surface area contributed by atoms with Crippen LogP contribution in [0.15, 0.2) is 217 Å². The van der Waals surface area contributed by atoms with Gasteiger partial charge in [-0.15, -0.1) is 0 Å². The van der Waals surface area contributed by atoms with E-state index in [1.807, 2.05) is 24.3 Å². The molecule has 2 heterocycles. The van der Waals surface area contributed by atoms with Gasteiger partial charge in [-0.3, -0.25) is 0 Å². The maximum absolute atomic E-state index is 6.56. The number of rotatable bonds is 7. The van der Waals surface area contributed by atoms with E-state index in [2.05, 4.69) is 202 Å². The SMILES string of the molecule is CC1(C)c2ccccc2-c2ccc(-c3cccc(-c4ccc5oc6cccc(-c7nc(-c8ccc(-c9ccccc9)cc8)nc(-c8ccc(-c9ccccc9)cc8)n7)c6c5c4)c3)cc21. The van der Waals surface area contributed by atoms with E-state index in [0.29, 0.717) is 17.5 Å². The minimum Gasteiger partial charge on any atom is -0.456 e. The Morgan fingerprint density at radius 1 is 0.312 bits per heavy atom. The molecule has 0 bridgehead atoms. The number of nitrogens with zero attached hydrogens (tertiary/aromatic N) is 3. The molecule has 0 N–H and O–H groups in total. The van der Waals surface area contributed by atoms with Gasteiger partial charge in [0.2, 0.25) is 0 Å². The fourth-order valence-corrected chi connectivity index (χ4v) is 9.59. The van der Waals surface area contributed by atoms with Crippen LogP contribution in [0.4, 0.5) is 0 Å². The van der Waals surface area contributed by atoms with E-state index in [4.69, 9.17) is 19.4 Å². The van der Waals surface area contributed by atoms with E-state index >= 15 is 0 Å². The van der Waals surface area contributed by atoms with E-state index in [9.17, 15) is 0 Å². The lowest BCUT2D eigenvalue weighted by Gasteiger charge is -2.22. The summed E-state index contributed by atoms with van der Waals surface area (Å²) in [4.78, 5) is 15.5. The van der Waals surface area contributed by atoms with Gasteiger partial charge in [0.15, 0.2) is 17.5 Å². The molecule has 0 unspecified atom stereocenters. The van der Waals surface area contributed by atoms with Gasteiger partial charge in [-0.1, -0.05) is 196 Å². The molecule has 12 rings (SSSR count). The minimum atomic E-state index is -0.0648. The molecule has 9 aromatic carbocycles. The molecule has 4 heteroatoms. The Bertz CT molecular complexity index is 3450. The average molecular weight is 820 g/mol. The van der Waals surface area contributed by atoms with Crippen LogP contribution in [0, 0.1) is 0 Å². The highest BCUT2D eigenvalue weighted by molar-refractivity contribution is 6.13. The number of fused-ring (bicyclic) bond motifs is 6. The molecular formula is C60H41N3O. The third-order valence-electron chi connectivity index (χ3n) is 13.0. The van der Waals surface area contributed by atoms with E-state index in [-0.39, 0.29) is 5.41 Å². The summed E-state index contributed by atoms with van der Waals surface area (Å²) in [6.45, 7) is 4.67. The van der Waals surface area contributed by atoms with Crippen molar-refractivity contribution in [2.24, 2.45) is 0 Å². The number of hydrogen-bond donors (Lipinski definition) is 0. The van der Waals surface area contributed by atoms with Crippen molar-refractivity contribution in [2.45, 2.75) is 19.3 Å². The summed E-state index contributed by atoms with van der Waals surface area (Å²) in [5.41, 5.74) is 18.9. The Balaban J connectivity index is 0.960. The maximum Gasteiger partial charge on any atom is 0.164 e. The first-order chi connectivity index (χ1) is 31.4. The molecule has 11 aromatic rings. The van der Waals surface area contributed by atoms with Gasteiger partial charge >= 0.3 is 0 Å². The van der Waals surface area contributed by atoms with Crippen LogP contribution in [-0.2, 0) is 5.41 Å². The lowest BCUT2D eigenvalue weighted by atomic mass is 9.81. The van der Waals surface area contributed by atoms with Gasteiger partial charge in [-0.2, -0.15) is 0 Å². The summed E-state index contributed by atoms with van der Waals surface area (Å²) >= 11 is 0. The molecule has 0 amide bonds. The van der Waals surface area contributed by atoms with Crippen LogP contribution in [-0.4, -0.2) is 15.0 Å². The molecule has 1 aliphatic rings. The third-order valence-corrected chi connectivity index (χ3v) is 13.0. The van der Waals surface area contributed by atoms with Crippen molar-refractivity contribution in [1.29, 1.82) is 0 Å². The molecule has 0 radical (unpaired) electrons. The van der Waals surface area contributed by atoms with Gasteiger partial charge in [-0.25, -0.2) is 15.0 Å². The van der Waals surface area contributed by atoms with Crippen LogP contribution in [0.2, 0.25) is 0 Å². The predicted octanol–water partition coefficient (Wildman–Crippen LogP) is 15.7. The van der Waals surface area contributed by atoms with Crippen molar-refractivity contribution in [2.75, 3.05) is 0 Å². The average Bonchev–Trinajstić information content (AvgIpc) is 3.85. The molecule has 0 saturated carbocycles. The summed E-state index contributed by atoms with van der Waals surface area (Å²) in [6, 6.07) is 75.0. The third kappa shape index (κ3) is 6.42. The Labute approximate surface area is 372 Å². The van der Waals surface area contributed by atoms with E-state index in [1.54, 1.807) is 0 Å². The van der Waals surface area contributed by atoms with Crippen molar-refractivity contribution < 1.29 is 4.42 Å². The van der Waals surface area contributed by atoms with Gasteiger partial charge in [0, 0.05) is 32.9 Å². The molecule has 1 aliphatic carbocycles. The summed E-state index contributed by atoms with van der Waals surface area (Å²) in [5.74, 6) is 1.79. The number of benzene rings is 9. The van der Waals surface area contributed by atoms with Crippen LogP contribution in [0.25, 0.3) is 112 Å². The second-order valence-electron chi connectivity index (χ2n) is 17.2. The minimum absolute atomic E-state index is 0.0648. The van der Waals surface area contributed by atoms with Crippen LogP contribution in [0.5, 0.6) is 0 Å². The first kappa shape index (κ1) is 37.5. The van der Waals surface area contributed by atoms with Crippen LogP contribution in [0.3, 0.4) is 0 Å². The van der Waals surface area contributed by atoms with Crippen LogP contribution >= 0.6 is 0 Å². The van der Waals surface area contributed by atoms with Crippen LogP contribution < -0.4 is 0 Å². The van der Waals surface area contributed by atoms with Gasteiger partial charge < -0.3 is 4.42 Å². The first-order valence-corrected chi connectivity index (χ1v) is 21.8. The molecule has 0 fully saturated rings. The fraction of sp³-hybridized carbons (Fsp3) is 0.0500. The van der Waals surface area contributed by atoms with Crippen molar-refractivity contribution in [3.63, 3.8) is 0 Å². The number of hydrogen-bond acceptors (Lipinski definition) is 4. The topological polar surface area (TPSA) is 51.8 Å². The molecule has 64 heavy (non-hydrogen) atoms. The van der Waals surface area contributed by atoms with Crippen molar-refractivity contribution in [1.82, 2.24) is 15.0 Å². The fourth-order valence-electron chi connectivity index (χ4n) is 9.59. The zero-order chi connectivity index (χ0) is 42.8. The molecule has 302 valence electrons. The normalized spacial score (nSPS) is 12.7. The maximum atomic E-state index is 6.56. The lowest BCUT2D eigenvalue weighted by molar-refractivity contribution is 0.660. The highest BCUT2D eigenvalue weighted by atomic mass is 16.3. The molecule has 0 spiro atoms. The second-order valence-corrected chi connectivity index (χ2v) is 17.2. The molecule has 0 saturated heterocycles. The second kappa shape index (κ2) is 15.0. The monoisotopic (exact) mass is 819 g/mol. The smallest absolute Gasteiger partial charge is 0.164 e. The largest absolute Gasteiger partial charge is 0.456 e. The molecule has 0 atom stereocenters. The van der Waals surface area contributed by atoms with Crippen molar-refractivity contribution in [3.8, 4) is 89.8 Å². The van der Waals surface area contributed by atoms with E-state index < -0.39 is 0 Å². The molecule has 4 nitrogen and oxygen atoms in total.